The summed E-state index contributed by atoms with van der Waals surface area (Å²) in [4.78, 5) is 23.1. The summed E-state index contributed by atoms with van der Waals surface area (Å²) in [5.41, 5.74) is 0. The third-order valence-corrected chi connectivity index (χ3v) is 10.8. The number of hydrogen-bond donors (Lipinski definition) is 6. The first-order chi connectivity index (χ1) is 26.0. The lowest BCUT2D eigenvalue weighted by Crippen LogP contribution is -2.64. The second-order valence-electron chi connectivity index (χ2n) is 14.8. The fraction of sp³-hybridized carbons (Fsp3) is 0.878. The molecular weight excluding hydrogens is 715 g/mol. The van der Waals surface area contributed by atoms with Gasteiger partial charge in [0.05, 0.1) is 13.2 Å². The van der Waals surface area contributed by atoms with Crippen molar-refractivity contribution in [1.29, 1.82) is 0 Å². The lowest BCUT2D eigenvalue weighted by atomic mass is 9.85. The van der Waals surface area contributed by atoms with Gasteiger partial charge in [-0.1, -0.05) is 128 Å². The van der Waals surface area contributed by atoms with Gasteiger partial charge in [0.2, 0.25) is 0 Å². The zero-order chi connectivity index (χ0) is 39.9. The highest BCUT2D eigenvalue weighted by molar-refractivity contribution is 7.47. The van der Waals surface area contributed by atoms with Crippen LogP contribution in [0.2, 0.25) is 0 Å². The lowest BCUT2D eigenvalue weighted by Gasteiger charge is -2.41. The Morgan fingerprint density at radius 3 is 1.52 bits per heavy atom. The summed E-state index contributed by atoms with van der Waals surface area (Å²) < 4.78 is 34.0. The Labute approximate surface area is 326 Å². The Morgan fingerprint density at radius 2 is 1.00 bits per heavy atom. The van der Waals surface area contributed by atoms with Crippen LogP contribution in [0.15, 0.2) is 24.3 Å². The standard InChI is InChI=1S/C41H77O12P/c1-3-5-7-9-11-13-15-17-18-19-20-22-24-26-28-30-35(42)52-34(32-50-31-29-27-25-23-21-16-14-12-10-8-6-4-2)33-51-54(48,49)53-41-39(46)37(44)36(43)38(45)40(41)47/h10,12,17-18,34,36-41,43-47H,3-9,11,13-16,19-33H2,1-2H3,(H,48,49)/b12-10-,18-17-. The molecule has 12 nitrogen and oxygen atoms in total. The second kappa shape index (κ2) is 32.9. The topological polar surface area (TPSA) is 192 Å². The molecule has 13 heteroatoms. The number of phosphoric ester groups is 1. The molecule has 0 bridgehead atoms. The van der Waals surface area contributed by atoms with Gasteiger partial charge in [0.1, 0.15) is 42.7 Å². The van der Waals surface area contributed by atoms with E-state index in [-0.39, 0.29) is 13.0 Å². The van der Waals surface area contributed by atoms with E-state index < -0.39 is 63.1 Å². The number of phosphoric acid groups is 1. The maximum atomic E-state index is 12.8. The third-order valence-electron chi connectivity index (χ3n) is 9.80. The lowest BCUT2D eigenvalue weighted by molar-refractivity contribution is -0.220. The minimum Gasteiger partial charge on any atom is -0.457 e. The number of rotatable bonds is 35. The summed E-state index contributed by atoms with van der Waals surface area (Å²) in [6.07, 6.45) is 22.5. The summed E-state index contributed by atoms with van der Waals surface area (Å²) >= 11 is 0. The summed E-state index contributed by atoms with van der Waals surface area (Å²) in [6.45, 7) is 4.18. The quantitative estimate of drug-likeness (QED) is 0.0159. The van der Waals surface area contributed by atoms with Crippen LogP contribution in [0.25, 0.3) is 0 Å². The van der Waals surface area contributed by atoms with Crippen molar-refractivity contribution in [2.75, 3.05) is 19.8 Å². The highest BCUT2D eigenvalue weighted by Gasteiger charge is 2.51. The summed E-state index contributed by atoms with van der Waals surface area (Å²) in [7, 11) is -5.01. The highest BCUT2D eigenvalue weighted by atomic mass is 31.2. The summed E-state index contributed by atoms with van der Waals surface area (Å²) in [6, 6.07) is 0. The van der Waals surface area contributed by atoms with E-state index in [0.717, 1.165) is 77.0 Å². The number of carbonyl (C=O) groups excluding carboxylic acids is 1. The first-order valence-corrected chi connectivity index (χ1v) is 22.7. The molecule has 0 aromatic carbocycles. The van der Waals surface area contributed by atoms with Gasteiger partial charge in [0.15, 0.2) is 0 Å². The van der Waals surface area contributed by atoms with E-state index in [4.69, 9.17) is 18.5 Å². The fourth-order valence-corrected chi connectivity index (χ4v) is 7.30. The third kappa shape index (κ3) is 25.1. The molecule has 0 aliphatic heterocycles. The molecule has 1 rings (SSSR count). The number of allylic oxidation sites excluding steroid dienone is 4. The fourth-order valence-electron chi connectivity index (χ4n) is 6.33. The van der Waals surface area contributed by atoms with Crippen LogP contribution in [0, 0.1) is 0 Å². The van der Waals surface area contributed by atoms with Crippen LogP contribution in [0.1, 0.15) is 168 Å². The van der Waals surface area contributed by atoms with E-state index in [9.17, 15) is 39.8 Å². The van der Waals surface area contributed by atoms with Gasteiger partial charge in [-0.2, -0.15) is 0 Å². The van der Waals surface area contributed by atoms with Crippen molar-refractivity contribution in [3.05, 3.63) is 24.3 Å². The second-order valence-corrected chi connectivity index (χ2v) is 16.2. The minimum atomic E-state index is -5.01. The normalized spacial score (nSPS) is 23.6. The molecule has 0 radical (unpaired) electrons. The SMILES string of the molecule is CCCC/C=C\CCCCCCCCOCC(COP(=O)(O)OC1C(O)C(O)C(O)C(O)C1O)OC(=O)CCCCCCC/C=C\CCCCCCCC. The van der Waals surface area contributed by atoms with Gasteiger partial charge in [-0.05, 0) is 57.8 Å². The first kappa shape index (κ1) is 50.8. The Balaban J connectivity index is 2.45. The predicted octanol–water partition coefficient (Wildman–Crippen LogP) is 7.75. The molecule has 0 heterocycles. The number of ether oxygens (including phenoxy) is 2. The summed E-state index contributed by atoms with van der Waals surface area (Å²) in [5, 5.41) is 50.0. The smallest absolute Gasteiger partial charge is 0.457 e. The highest BCUT2D eigenvalue weighted by Crippen LogP contribution is 2.47. The van der Waals surface area contributed by atoms with E-state index in [1.54, 1.807) is 0 Å². The molecule has 1 aliphatic rings. The van der Waals surface area contributed by atoms with Crippen LogP contribution in [0.3, 0.4) is 0 Å². The van der Waals surface area contributed by atoms with E-state index in [1.807, 2.05) is 0 Å². The molecule has 6 atom stereocenters. The molecular formula is C41H77O12P. The molecule has 0 saturated heterocycles. The Morgan fingerprint density at radius 1 is 0.574 bits per heavy atom. The average Bonchev–Trinajstić information content (AvgIpc) is 3.15. The van der Waals surface area contributed by atoms with Gasteiger partial charge in [0.25, 0.3) is 0 Å². The van der Waals surface area contributed by atoms with Gasteiger partial charge in [-0.25, -0.2) is 4.57 Å². The number of aliphatic hydroxyl groups excluding tert-OH is 5. The van der Waals surface area contributed by atoms with Crippen molar-refractivity contribution in [2.45, 2.75) is 211 Å². The van der Waals surface area contributed by atoms with Crippen molar-refractivity contribution in [3.8, 4) is 0 Å². The number of aliphatic hydroxyl groups is 5. The van der Waals surface area contributed by atoms with Gasteiger partial charge >= 0.3 is 13.8 Å². The monoisotopic (exact) mass is 793 g/mol. The molecule has 1 saturated carbocycles. The van der Waals surface area contributed by atoms with Crippen molar-refractivity contribution in [3.63, 3.8) is 0 Å². The van der Waals surface area contributed by atoms with Crippen LogP contribution in [-0.2, 0) is 27.9 Å². The van der Waals surface area contributed by atoms with E-state index in [0.29, 0.717) is 13.0 Å². The van der Waals surface area contributed by atoms with Crippen molar-refractivity contribution in [1.82, 2.24) is 0 Å². The molecule has 1 fully saturated rings. The van der Waals surface area contributed by atoms with E-state index >= 15 is 0 Å². The van der Waals surface area contributed by atoms with Crippen LogP contribution in [0.4, 0.5) is 0 Å². The maximum Gasteiger partial charge on any atom is 0.472 e. The molecule has 0 amide bonds. The molecule has 0 spiro atoms. The van der Waals surface area contributed by atoms with Gasteiger partial charge in [-0.15, -0.1) is 0 Å². The Kier molecular flexibility index (Phi) is 30.9. The van der Waals surface area contributed by atoms with Crippen LogP contribution in [-0.4, -0.2) is 98.9 Å². The predicted molar refractivity (Wildman–Crippen MR) is 212 cm³/mol. The number of esters is 1. The van der Waals surface area contributed by atoms with Gasteiger partial charge < -0.3 is 39.9 Å². The van der Waals surface area contributed by atoms with Gasteiger partial charge in [-0.3, -0.25) is 13.8 Å². The van der Waals surface area contributed by atoms with Crippen molar-refractivity contribution >= 4 is 13.8 Å². The minimum absolute atomic E-state index is 0.0826. The maximum absolute atomic E-state index is 12.8. The largest absolute Gasteiger partial charge is 0.472 e. The summed E-state index contributed by atoms with van der Waals surface area (Å²) in [5.74, 6) is -0.489. The number of carbonyl (C=O) groups is 1. The van der Waals surface area contributed by atoms with Crippen LogP contribution < -0.4 is 0 Å². The van der Waals surface area contributed by atoms with E-state index in [2.05, 4.69) is 38.2 Å². The molecule has 1 aliphatic carbocycles. The first-order valence-electron chi connectivity index (χ1n) is 21.2. The molecule has 0 aromatic rings. The number of unbranched alkanes of at least 4 members (excludes halogenated alkanes) is 19. The van der Waals surface area contributed by atoms with E-state index in [1.165, 1.54) is 64.2 Å². The Hall–Kier alpha value is -1.18. The Bertz CT molecular complexity index is 995. The molecule has 0 aromatic heterocycles. The van der Waals surface area contributed by atoms with Crippen LogP contribution in [0.5, 0.6) is 0 Å². The molecule has 6 unspecified atom stereocenters. The van der Waals surface area contributed by atoms with Gasteiger partial charge in [0, 0.05) is 13.0 Å². The van der Waals surface area contributed by atoms with Crippen molar-refractivity contribution < 1.29 is 58.3 Å². The zero-order valence-corrected chi connectivity index (χ0v) is 34.4. The molecule has 6 N–H and O–H groups in total. The zero-order valence-electron chi connectivity index (χ0n) is 33.5. The average molecular weight is 793 g/mol. The number of hydrogen-bond acceptors (Lipinski definition) is 11. The molecule has 318 valence electrons. The van der Waals surface area contributed by atoms with Crippen LogP contribution >= 0.6 is 7.82 Å². The molecule has 54 heavy (non-hydrogen) atoms. The van der Waals surface area contributed by atoms with Crippen molar-refractivity contribution in [2.24, 2.45) is 0 Å².